The molecule has 106 valence electrons. The number of benzene rings is 2. The molecular formula is C15H14BrCl2NO. The zero-order valence-electron chi connectivity index (χ0n) is 11.1. The summed E-state index contributed by atoms with van der Waals surface area (Å²) in [7, 11) is 1.61. The van der Waals surface area contributed by atoms with Gasteiger partial charge in [0, 0.05) is 15.6 Å². The molecule has 0 saturated heterocycles. The number of halogens is 3. The van der Waals surface area contributed by atoms with Crippen molar-refractivity contribution in [3.8, 4) is 5.75 Å². The van der Waals surface area contributed by atoms with E-state index in [1.807, 2.05) is 31.2 Å². The number of rotatable bonds is 3. The zero-order chi connectivity index (χ0) is 14.9. The lowest BCUT2D eigenvalue weighted by atomic mass is 9.97. The predicted molar refractivity (Wildman–Crippen MR) is 87.9 cm³/mol. The molecule has 1 atom stereocenters. The summed E-state index contributed by atoms with van der Waals surface area (Å²) in [6, 6.07) is 8.99. The highest BCUT2D eigenvalue weighted by Gasteiger charge is 2.18. The van der Waals surface area contributed by atoms with Crippen molar-refractivity contribution in [1.82, 2.24) is 0 Å². The molecular weight excluding hydrogens is 361 g/mol. The molecule has 0 aliphatic rings. The second kappa shape index (κ2) is 6.35. The fourth-order valence-electron chi connectivity index (χ4n) is 2.07. The highest BCUT2D eigenvalue weighted by atomic mass is 79.9. The fourth-order valence-corrected chi connectivity index (χ4v) is 3.18. The van der Waals surface area contributed by atoms with Crippen molar-refractivity contribution in [2.45, 2.75) is 13.0 Å². The molecule has 2 nitrogen and oxygen atoms in total. The van der Waals surface area contributed by atoms with Crippen LogP contribution in [0.15, 0.2) is 34.8 Å². The van der Waals surface area contributed by atoms with Gasteiger partial charge in [0.15, 0.2) is 0 Å². The van der Waals surface area contributed by atoms with E-state index in [4.69, 9.17) is 33.7 Å². The monoisotopic (exact) mass is 373 g/mol. The molecule has 5 heteroatoms. The van der Waals surface area contributed by atoms with Crippen molar-refractivity contribution in [2.24, 2.45) is 5.73 Å². The van der Waals surface area contributed by atoms with Gasteiger partial charge in [-0.05, 0) is 52.2 Å². The van der Waals surface area contributed by atoms with E-state index in [2.05, 4.69) is 15.9 Å². The molecule has 0 fully saturated rings. The summed E-state index contributed by atoms with van der Waals surface area (Å²) in [5, 5.41) is 1.33. The standard InChI is InChI=1S/C15H14BrCl2NO/c1-8-5-9(3-4-13(8)18)14(19)11-6-10(17)7-12(16)15(11)20-2/h3-7,14H,19H2,1-2H3. The first kappa shape index (κ1) is 15.6. The number of aryl methyl sites for hydroxylation is 1. The Morgan fingerprint density at radius 2 is 1.90 bits per heavy atom. The number of hydrogen-bond donors (Lipinski definition) is 1. The van der Waals surface area contributed by atoms with E-state index >= 15 is 0 Å². The van der Waals surface area contributed by atoms with Gasteiger partial charge < -0.3 is 10.5 Å². The van der Waals surface area contributed by atoms with E-state index in [9.17, 15) is 0 Å². The van der Waals surface area contributed by atoms with E-state index in [1.54, 1.807) is 13.2 Å². The van der Waals surface area contributed by atoms with Crippen LogP contribution in [-0.2, 0) is 0 Å². The van der Waals surface area contributed by atoms with Crippen LogP contribution in [0.3, 0.4) is 0 Å². The largest absolute Gasteiger partial charge is 0.495 e. The number of hydrogen-bond acceptors (Lipinski definition) is 2. The van der Waals surface area contributed by atoms with Crippen molar-refractivity contribution < 1.29 is 4.74 Å². The minimum atomic E-state index is -0.337. The highest BCUT2D eigenvalue weighted by Crippen LogP contribution is 2.37. The Balaban J connectivity index is 2.52. The second-order valence-electron chi connectivity index (χ2n) is 4.50. The number of methoxy groups -OCH3 is 1. The van der Waals surface area contributed by atoms with Crippen LogP contribution in [-0.4, -0.2) is 7.11 Å². The maximum atomic E-state index is 6.35. The van der Waals surface area contributed by atoms with Crippen LogP contribution in [0.4, 0.5) is 0 Å². The summed E-state index contributed by atoms with van der Waals surface area (Å²) in [6.45, 7) is 1.95. The van der Waals surface area contributed by atoms with Crippen LogP contribution in [0.2, 0.25) is 10.0 Å². The lowest BCUT2D eigenvalue weighted by Crippen LogP contribution is -2.13. The summed E-state index contributed by atoms with van der Waals surface area (Å²) in [6.07, 6.45) is 0. The smallest absolute Gasteiger partial charge is 0.138 e. The minimum Gasteiger partial charge on any atom is -0.495 e. The summed E-state index contributed by atoms with van der Waals surface area (Å²) in [4.78, 5) is 0. The van der Waals surface area contributed by atoms with Gasteiger partial charge in [-0.25, -0.2) is 0 Å². The average Bonchev–Trinajstić information content (AvgIpc) is 2.40. The van der Waals surface area contributed by atoms with E-state index in [0.717, 1.165) is 26.2 Å². The van der Waals surface area contributed by atoms with Gasteiger partial charge in [-0.15, -0.1) is 0 Å². The van der Waals surface area contributed by atoms with Gasteiger partial charge in [0.25, 0.3) is 0 Å². The van der Waals surface area contributed by atoms with E-state index < -0.39 is 0 Å². The van der Waals surface area contributed by atoms with E-state index in [-0.39, 0.29) is 6.04 Å². The number of nitrogens with two attached hydrogens (primary N) is 1. The zero-order valence-corrected chi connectivity index (χ0v) is 14.2. The average molecular weight is 375 g/mol. The maximum Gasteiger partial charge on any atom is 0.138 e. The molecule has 0 spiro atoms. The summed E-state index contributed by atoms with van der Waals surface area (Å²) >= 11 is 15.6. The molecule has 2 aromatic carbocycles. The molecule has 0 amide bonds. The number of ether oxygens (including phenoxy) is 1. The second-order valence-corrected chi connectivity index (χ2v) is 6.19. The molecule has 0 saturated carbocycles. The normalized spacial score (nSPS) is 12.3. The van der Waals surface area contributed by atoms with Crippen LogP contribution in [0.25, 0.3) is 0 Å². The molecule has 2 N–H and O–H groups in total. The Kier molecular flexibility index (Phi) is 4.97. The van der Waals surface area contributed by atoms with Crippen molar-refractivity contribution in [3.05, 3.63) is 61.5 Å². The summed E-state index contributed by atoms with van der Waals surface area (Å²) < 4.78 is 6.20. The van der Waals surface area contributed by atoms with Crippen molar-refractivity contribution in [1.29, 1.82) is 0 Å². The summed E-state index contributed by atoms with van der Waals surface area (Å²) in [5.74, 6) is 0.689. The molecule has 1 unspecified atom stereocenters. The summed E-state index contributed by atoms with van der Waals surface area (Å²) in [5.41, 5.74) is 9.12. The van der Waals surface area contributed by atoms with Crippen LogP contribution in [0, 0.1) is 6.92 Å². The Labute approximate surface area is 137 Å². The lowest BCUT2D eigenvalue weighted by Gasteiger charge is -2.18. The third kappa shape index (κ3) is 3.12. The van der Waals surface area contributed by atoms with Gasteiger partial charge >= 0.3 is 0 Å². The Bertz CT molecular complexity index is 646. The first-order valence-corrected chi connectivity index (χ1v) is 7.53. The van der Waals surface area contributed by atoms with Gasteiger partial charge in [-0.1, -0.05) is 35.3 Å². The minimum absolute atomic E-state index is 0.337. The molecule has 0 bridgehead atoms. The molecule has 2 rings (SSSR count). The van der Waals surface area contributed by atoms with Gasteiger partial charge in [-0.2, -0.15) is 0 Å². The molecule has 0 heterocycles. The first-order chi connectivity index (χ1) is 9.43. The molecule has 0 aliphatic heterocycles. The molecule has 0 aromatic heterocycles. The van der Waals surface area contributed by atoms with Gasteiger partial charge in [-0.3, -0.25) is 0 Å². The van der Waals surface area contributed by atoms with Gasteiger partial charge in [0.1, 0.15) is 5.75 Å². The van der Waals surface area contributed by atoms with Crippen LogP contribution in [0.1, 0.15) is 22.7 Å². The van der Waals surface area contributed by atoms with Crippen molar-refractivity contribution >= 4 is 39.1 Å². The molecule has 0 aliphatic carbocycles. The van der Waals surface area contributed by atoms with Crippen molar-refractivity contribution in [2.75, 3.05) is 7.11 Å². The van der Waals surface area contributed by atoms with E-state index in [1.165, 1.54) is 0 Å². The van der Waals surface area contributed by atoms with Crippen LogP contribution in [0.5, 0.6) is 5.75 Å². The molecule has 2 aromatic rings. The SMILES string of the molecule is COc1c(Br)cc(Cl)cc1C(N)c1ccc(Cl)c(C)c1. The fraction of sp³-hybridized carbons (Fsp3) is 0.200. The molecule has 0 radical (unpaired) electrons. The quantitative estimate of drug-likeness (QED) is 0.808. The Hall–Kier alpha value is -0.740. The highest BCUT2D eigenvalue weighted by molar-refractivity contribution is 9.10. The van der Waals surface area contributed by atoms with Crippen molar-refractivity contribution in [3.63, 3.8) is 0 Å². The third-order valence-corrected chi connectivity index (χ3v) is 4.35. The topological polar surface area (TPSA) is 35.2 Å². The Morgan fingerprint density at radius 1 is 1.20 bits per heavy atom. The molecule has 20 heavy (non-hydrogen) atoms. The predicted octanol–water partition coefficient (Wildman–Crippen LogP) is 5.12. The first-order valence-electron chi connectivity index (χ1n) is 5.98. The maximum absolute atomic E-state index is 6.35. The van der Waals surface area contributed by atoms with Gasteiger partial charge in [0.05, 0.1) is 17.6 Å². The van der Waals surface area contributed by atoms with Gasteiger partial charge in [0.2, 0.25) is 0 Å². The third-order valence-electron chi connectivity index (χ3n) is 3.12. The lowest BCUT2D eigenvalue weighted by molar-refractivity contribution is 0.405. The Morgan fingerprint density at radius 3 is 2.50 bits per heavy atom. The van der Waals surface area contributed by atoms with Crippen LogP contribution < -0.4 is 10.5 Å². The van der Waals surface area contributed by atoms with E-state index in [0.29, 0.717) is 10.8 Å². The van der Waals surface area contributed by atoms with Crippen LogP contribution >= 0.6 is 39.1 Å².